The number of aryl methyl sites for hydroxylation is 2. The van der Waals surface area contributed by atoms with E-state index in [1.807, 2.05) is 35.9 Å². The van der Waals surface area contributed by atoms with Gasteiger partial charge in [0.15, 0.2) is 0 Å². The Morgan fingerprint density at radius 2 is 2.16 bits per heavy atom. The summed E-state index contributed by atoms with van der Waals surface area (Å²) >= 11 is 6.20. The summed E-state index contributed by atoms with van der Waals surface area (Å²) in [7, 11) is 0. The van der Waals surface area contributed by atoms with Crippen LogP contribution in [0.5, 0.6) is 0 Å². The number of nitrogens with one attached hydrogen (secondary N) is 1. The van der Waals surface area contributed by atoms with Gasteiger partial charge in [0.25, 0.3) is 0 Å². The van der Waals surface area contributed by atoms with Gasteiger partial charge >= 0.3 is 0 Å². The van der Waals surface area contributed by atoms with Gasteiger partial charge in [-0.15, -0.1) is 0 Å². The Balaban J connectivity index is 2.27. The van der Waals surface area contributed by atoms with Crippen molar-refractivity contribution >= 4 is 11.6 Å². The van der Waals surface area contributed by atoms with Gasteiger partial charge in [-0.3, -0.25) is 16.0 Å². The molecule has 1 unspecified atom stereocenters. The van der Waals surface area contributed by atoms with Gasteiger partial charge < -0.3 is 0 Å². The first-order chi connectivity index (χ1) is 9.15. The van der Waals surface area contributed by atoms with Crippen molar-refractivity contribution in [1.29, 1.82) is 0 Å². The molecule has 0 spiro atoms. The van der Waals surface area contributed by atoms with Gasteiger partial charge in [0, 0.05) is 11.6 Å². The number of hydrogen-bond donors (Lipinski definition) is 2. The Bertz CT molecular complexity index is 550. The first kappa shape index (κ1) is 14.1. The van der Waals surface area contributed by atoms with Crippen LogP contribution in [0.3, 0.4) is 0 Å². The van der Waals surface area contributed by atoms with Gasteiger partial charge in [-0.25, -0.2) is 0 Å². The van der Waals surface area contributed by atoms with E-state index in [4.69, 9.17) is 17.4 Å². The molecule has 0 saturated carbocycles. The largest absolute Gasteiger partial charge is 0.271 e. The molecule has 0 saturated heterocycles. The molecule has 1 heterocycles. The van der Waals surface area contributed by atoms with Crippen molar-refractivity contribution in [2.24, 2.45) is 5.84 Å². The van der Waals surface area contributed by atoms with E-state index < -0.39 is 0 Å². The zero-order chi connectivity index (χ0) is 13.8. The molecule has 0 bridgehead atoms. The van der Waals surface area contributed by atoms with Crippen LogP contribution in [0, 0.1) is 6.92 Å². The van der Waals surface area contributed by atoms with Crippen LogP contribution in [0.4, 0.5) is 0 Å². The highest BCUT2D eigenvalue weighted by molar-refractivity contribution is 6.31. The lowest BCUT2D eigenvalue weighted by molar-refractivity contribution is 0.490. The second-order valence-electron chi connectivity index (χ2n) is 4.54. The molecule has 4 nitrogen and oxygen atoms in total. The van der Waals surface area contributed by atoms with Crippen LogP contribution < -0.4 is 11.3 Å². The summed E-state index contributed by atoms with van der Waals surface area (Å²) in [5, 5.41) is 5.22. The summed E-state index contributed by atoms with van der Waals surface area (Å²) < 4.78 is 1.97. The fourth-order valence-corrected chi connectivity index (χ4v) is 2.44. The summed E-state index contributed by atoms with van der Waals surface area (Å²) in [6.45, 7) is 4.88. The molecular formula is C14H19ClN4. The molecule has 1 aromatic carbocycles. The molecule has 0 aliphatic rings. The minimum Gasteiger partial charge on any atom is -0.271 e. The number of hydrogen-bond acceptors (Lipinski definition) is 3. The molecule has 0 amide bonds. The number of nitrogens with zero attached hydrogens (tertiary/aromatic N) is 2. The van der Waals surface area contributed by atoms with Crippen LogP contribution in [0.25, 0.3) is 0 Å². The number of halogens is 1. The molecular weight excluding hydrogens is 260 g/mol. The normalized spacial score (nSPS) is 12.6. The van der Waals surface area contributed by atoms with E-state index in [1.54, 1.807) is 0 Å². The van der Waals surface area contributed by atoms with E-state index >= 15 is 0 Å². The fourth-order valence-electron chi connectivity index (χ4n) is 2.23. The van der Waals surface area contributed by atoms with Crippen LogP contribution >= 0.6 is 11.6 Å². The van der Waals surface area contributed by atoms with Crippen LogP contribution in [-0.4, -0.2) is 9.78 Å². The van der Waals surface area contributed by atoms with E-state index in [2.05, 4.69) is 23.5 Å². The van der Waals surface area contributed by atoms with Crippen molar-refractivity contribution in [3.05, 3.63) is 52.3 Å². The highest BCUT2D eigenvalue weighted by atomic mass is 35.5. The second kappa shape index (κ2) is 6.19. The van der Waals surface area contributed by atoms with Gasteiger partial charge in [0.05, 0.1) is 17.4 Å². The molecule has 3 N–H and O–H groups in total. The average Bonchev–Trinajstić information content (AvgIpc) is 2.79. The van der Waals surface area contributed by atoms with Crippen molar-refractivity contribution in [1.82, 2.24) is 15.2 Å². The Morgan fingerprint density at radius 1 is 1.42 bits per heavy atom. The van der Waals surface area contributed by atoms with Gasteiger partial charge in [-0.2, -0.15) is 5.10 Å². The van der Waals surface area contributed by atoms with Crippen molar-refractivity contribution in [3.8, 4) is 0 Å². The molecule has 1 atom stereocenters. The van der Waals surface area contributed by atoms with E-state index in [0.29, 0.717) is 0 Å². The van der Waals surface area contributed by atoms with Crippen LogP contribution in [0.1, 0.15) is 29.9 Å². The maximum atomic E-state index is 6.20. The Labute approximate surface area is 118 Å². The quantitative estimate of drug-likeness (QED) is 0.653. The molecule has 2 rings (SSSR count). The number of benzene rings is 1. The van der Waals surface area contributed by atoms with Crippen molar-refractivity contribution in [2.45, 2.75) is 32.9 Å². The third kappa shape index (κ3) is 3.15. The van der Waals surface area contributed by atoms with Crippen LogP contribution in [-0.2, 0) is 13.0 Å². The minimum atomic E-state index is 0.000972. The molecule has 0 aliphatic heterocycles. The monoisotopic (exact) mass is 278 g/mol. The predicted molar refractivity (Wildman–Crippen MR) is 77.9 cm³/mol. The molecule has 1 aromatic heterocycles. The average molecular weight is 279 g/mol. The molecule has 2 aromatic rings. The SMILES string of the molecule is CCn1nc(C)cc1C(Cc1ccccc1Cl)NN. The summed E-state index contributed by atoms with van der Waals surface area (Å²) in [5.41, 5.74) is 6.02. The summed E-state index contributed by atoms with van der Waals surface area (Å²) in [6.07, 6.45) is 0.737. The smallest absolute Gasteiger partial charge is 0.0669 e. The van der Waals surface area contributed by atoms with E-state index in [9.17, 15) is 0 Å². The zero-order valence-corrected chi connectivity index (χ0v) is 12.0. The van der Waals surface area contributed by atoms with Crippen LogP contribution in [0.2, 0.25) is 5.02 Å². The highest BCUT2D eigenvalue weighted by Crippen LogP contribution is 2.23. The minimum absolute atomic E-state index is 0.000972. The van der Waals surface area contributed by atoms with Crippen molar-refractivity contribution in [2.75, 3.05) is 0 Å². The lowest BCUT2D eigenvalue weighted by atomic mass is 10.0. The van der Waals surface area contributed by atoms with Gasteiger partial charge in [0.1, 0.15) is 0 Å². The van der Waals surface area contributed by atoms with E-state index in [-0.39, 0.29) is 6.04 Å². The molecule has 0 fully saturated rings. The molecule has 19 heavy (non-hydrogen) atoms. The standard InChI is InChI=1S/C14H19ClN4/c1-3-19-14(8-10(2)18-19)13(17-16)9-11-6-4-5-7-12(11)15/h4-8,13,17H,3,9,16H2,1-2H3. The van der Waals surface area contributed by atoms with Gasteiger partial charge in [-0.1, -0.05) is 29.8 Å². The topological polar surface area (TPSA) is 55.9 Å². The second-order valence-corrected chi connectivity index (χ2v) is 4.95. The van der Waals surface area contributed by atoms with Crippen LogP contribution in [0.15, 0.2) is 30.3 Å². The number of rotatable bonds is 5. The molecule has 0 radical (unpaired) electrons. The maximum Gasteiger partial charge on any atom is 0.0669 e. The van der Waals surface area contributed by atoms with E-state index in [0.717, 1.165) is 34.9 Å². The summed E-state index contributed by atoms with van der Waals surface area (Å²) in [4.78, 5) is 0. The molecule has 102 valence electrons. The number of aromatic nitrogens is 2. The summed E-state index contributed by atoms with van der Waals surface area (Å²) in [5.74, 6) is 5.70. The Morgan fingerprint density at radius 3 is 2.79 bits per heavy atom. The lowest BCUT2D eigenvalue weighted by Gasteiger charge is -2.17. The fraction of sp³-hybridized carbons (Fsp3) is 0.357. The Hall–Kier alpha value is -1.36. The molecule has 5 heteroatoms. The van der Waals surface area contributed by atoms with Crippen molar-refractivity contribution in [3.63, 3.8) is 0 Å². The van der Waals surface area contributed by atoms with Gasteiger partial charge in [-0.05, 0) is 38.0 Å². The number of hydrazine groups is 1. The zero-order valence-electron chi connectivity index (χ0n) is 11.2. The maximum absolute atomic E-state index is 6.20. The first-order valence-electron chi connectivity index (χ1n) is 6.39. The number of nitrogens with two attached hydrogens (primary N) is 1. The van der Waals surface area contributed by atoms with Crippen molar-refractivity contribution < 1.29 is 0 Å². The molecule has 0 aliphatic carbocycles. The predicted octanol–water partition coefficient (Wildman–Crippen LogP) is 2.61. The van der Waals surface area contributed by atoms with Gasteiger partial charge in [0.2, 0.25) is 0 Å². The lowest BCUT2D eigenvalue weighted by Crippen LogP contribution is -2.31. The highest BCUT2D eigenvalue weighted by Gasteiger charge is 2.17. The third-order valence-corrected chi connectivity index (χ3v) is 3.54. The first-order valence-corrected chi connectivity index (χ1v) is 6.77. The van der Waals surface area contributed by atoms with E-state index in [1.165, 1.54) is 0 Å². The summed E-state index contributed by atoms with van der Waals surface area (Å²) in [6, 6.07) is 9.89. The Kier molecular flexibility index (Phi) is 4.58. The third-order valence-electron chi connectivity index (χ3n) is 3.17.